The molecular formula is C29H36N6O3. The number of nitrogens with zero attached hydrogens (tertiary/aromatic N) is 5. The summed E-state index contributed by atoms with van der Waals surface area (Å²) in [4.78, 5) is 18.6. The van der Waals surface area contributed by atoms with Crippen LogP contribution in [-0.4, -0.2) is 43.8 Å². The highest BCUT2D eigenvalue weighted by atomic mass is 16.5. The average Bonchev–Trinajstić information content (AvgIpc) is 3.63. The quantitative estimate of drug-likeness (QED) is 0.293. The number of para-hydroxylation sites is 1. The molecule has 9 nitrogen and oxygen atoms in total. The second-order valence-electron chi connectivity index (χ2n) is 9.87. The lowest BCUT2D eigenvalue weighted by atomic mass is 10.1. The van der Waals surface area contributed by atoms with Gasteiger partial charge in [-0.15, -0.1) is 5.10 Å². The van der Waals surface area contributed by atoms with E-state index in [2.05, 4.69) is 38.4 Å². The van der Waals surface area contributed by atoms with Gasteiger partial charge in [0.1, 0.15) is 11.5 Å². The van der Waals surface area contributed by atoms with Crippen LogP contribution in [-0.2, 0) is 13.1 Å². The van der Waals surface area contributed by atoms with E-state index < -0.39 is 0 Å². The number of methoxy groups -OCH3 is 1. The fourth-order valence-corrected chi connectivity index (χ4v) is 5.58. The second-order valence-corrected chi connectivity index (χ2v) is 9.87. The number of H-pyrrole nitrogens is 1. The zero-order valence-electron chi connectivity index (χ0n) is 22.4. The Morgan fingerprint density at radius 1 is 1.08 bits per heavy atom. The van der Waals surface area contributed by atoms with Crippen LogP contribution in [0.3, 0.4) is 0 Å². The molecular weight excluding hydrogens is 480 g/mol. The van der Waals surface area contributed by atoms with Gasteiger partial charge in [0, 0.05) is 35.1 Å². The Kier molecular flexibility index (Phi) is 8.03. The molecule has 0 amide bonds. The van der Waals surface area contributed by atoms with Gasteiger partial charge in [0.05, 0.1) is 25.8 Å². The van der Waals surface area contributed by atoms with Gasteiger partial charge in [-0.05, 0) is 66.9 Å². The number of tetrazole rings is 1. The molecule has 0 bridgehead atoms. The Labute approximate surface area is 222 Å². The molecule has 2 aromatic carbocycles. The van der Waals surface area contributed by atoms with Gasteiger partial charge in [0.15, 0.2) is 5.82 Å². The zero-order valence-corrected chi connectivity index (χ0v) is 22.4. The monoisotopic (exact) mass is 516 g/mol. The van der Waals surface area contributed by atoms with E-state index in [0.717, 1.165) is 53.1 Å². The van der Waals surface area contributed by atoms with Gasteiger partial charge in [-0.2, -0.15) is 0 Å². The van der Waals surface area contributed by atoms with E-state index in [4.69, 9.17) is 9.47 Å². The Hall–Kier alpha value is -3.72. The maximum absolute atomic E-state index is 13.2. The molecule has 1 aliphatic rings. The molecule has 0 saturated heterocycles. The molecule has 2 heterocycles. The van der Waals surface area contributed by atoms with Crippen LogP contribution in [0.25, 0.3) is 10.9 Å². The first kappa shape index (κ1) is 25.9. The molecule has 4 aromatic rings. The fourth-order valence-electron chi connectivity index (χ4n) is 5.58. The normalized spacial score (nSPS) is 14.8. The van der Waals surface area contributed by atoms with Crippen molar-refractivity contribution < 1.29 is 9.47 Å². The Morgan fingerprint density at radius 3 is 2.63 bits per heavy atom. The molecule has 1 atom stereocenters. The zero-order chi connectivity index (χ0) is 26.5. The van der Waals surface area contributed by atoms with Crippen LogP contribution in [0.5, 0.6) is 11.5 Å². The van der Waals surface area contributed by atoms with Crippen LogP contribution in [0.4, 0.5) is 0 Å². The topological polar surface area (TPSA) is 98.2 Å². The first-order valence-corrected chi connectivity index (χ1v) is 13.5. The van der Waals surface area contributed by atoms with Gasteiger partial charge in [-0.1, -0.05) is 38.0 Å². The largest absolute Gasteiger partial charge is 0.496 e. The Balaban J connectivity index is 1.55. The molecule has 2 aromatic heterocycles. The molecule has 1 fully saturated rings. The number of nitrogens with one attached hydrogen (secondary N) is 1. The maximum Gasteiger partial charge on any atom is 0.252 e. The number of rotatable bonds is 11. The first-order chi connectivity index (χ1) is 18.6. The number of aromatic nitrogens is 5. The molecule has 1 N–H and O–H groups in total. The van der Waals surface area contributed by atoms with Gasteiger partial charge in [-0.3, -0.25) is 9.69 Å². The van der Waals surface area contributed by atoms with Crippen molar-refractivity contribution in [3.05, 3.63) is 75.8 Å². The van der Waals surface area contributed by atoms with Crippen LogP contribution in [0, 0.1) is 0 Å². The highest BCUT2D eigenvalue weighted by Crippen LogP contribution is 2.34. The van der Waals surface area contributed by atoms with E-state index >= 15 is 0 Å². The molecule has 1 unspecified atom stereocenters. The summed E-state index contributed by atoms with van der Waals surface area (Å²) in [7, 11) is 1.69. The summed E-state index contributed by atoms with van der Waals surface area (Å²) < 4.78 is 13.4. The minimum Gasteiger partial charge on any atom is -0.496 e. The lowest BCUT2D eigenvalue weighted by molar-refractivity contribution is 0.156. The van der Waals surface area contributed by atoms with Gasteiger partial charge in [0.2, 0.25) is 0 Å². The molecule has 0 aliphatic heterocycles. The smallest absolute Gasteiger partial charge is 0.252 e. The number of pyridine rings is 1. The van der Waals surface area contributed by atoms with Crippen molar-refractivity contribution in [2.45, 2.75) is 71.1 Å². The third-order valence-corrected chi connectivity index (χ3v) is 7.46. The van der Waals surface area contributed by atoms with Gasteiger partial charge < -0.3 is 14.5 Å². The van der Waals surface area contributed by atoms with Crippen LogP contribution in [0.2, 0.25) is 0 Å². The molecule has 0 spiro atoms. The molecule has 9 heteroatoms. The van der Waals surface area contributed by atoms with Crippen LogP contribution in [0.1, 0.15) is 75.0 Å². The lowest BCUT2D eigenvalue weighted by Crippen LogP contribution is -2.33. The molecule has 1 aliphatic carbocycles. The number of aromatic amines is 1. The van der Waals surface area contributed by atoms with E-state index in [1.54, 1.807) is 7.11 Å². The molecule has 38 heavy (non-hydrogen) atoms. The number of hydrogen-bond acceptors (Lipinski definition) is 7. The second kappa shape index (κ2) is 11.8. The highest BCUT2D eigenvalue weighted by molar-refractivity contribution is 5.80. The maximum atomic E-state index is 13.2. The van der Waals surface area contributed by atoms with E-state index in [1.807, 2.05) is 54.1 Å². The molecule has 200 valence electrons. The van der Waals surface area contributed by atoms with Crippen molar-refractivity contribution in [1.29, 1.82) is 0 Å². The first-order valence-electron chi connectivity index (χ1n) is 13.5. The van der Waals surface area contributed by atoms with Crippen molar-refractivity contribution in [2.75, 3.05) is 13.7 Å². The SMILES string of the molecule is CCOc1ccc2[nH]c(=O)c(CN(Cc3ccccc3OC)C(CC)c3nnnn3C3CCCC3)cc2c1. The lowest BCUT2D eigenvalue weighted by Gasteiger charge is -2.31. The molecule has 1 saturated carbocycles. The van der Waals surface area contributed by atoms with E-state index in [-0.39, 0.29) is 11.6 Å². The average molecular weight is 517 g/mol. The highest BCUT2D eigenvalue weighted by Gasteiger charge is 2.30. The third-order valence-electron chi connectivity index (χ3n) is 7.46. The van der Waals surface area contributed by atoms with Crippen molar-refractivity contribution in [1.82, 2.24) is 30.1 Å². The number of hydrogen-bond donors (Lipinski definition) is 1. The number of ether oxygens (including phenoxy) is 2. The van der Waals surface area contributed by atoms with Crippen molar-refractivity contribution in [2.24, 2.45) is 0 Å². The van der Waals surface area contributed by atoms with Crippen molar-refractivity contribution in [3.63, 3.8) is 0 Å². The summed E-state index contributed by atoms with van der Waals surface area (Å²) in [6, 6.07) is 16.0. The van der Waals surface area contributed by atoms with Crippen LogP contribution < -0.4 is 15.0 Å². The third kappa shape index (κ3) is 5.43. The summed E-state index contributed by atoms with van der Waals surface area (Å²) in [6.45, 7) is 5.70. The summed E-state index contributed by atoms with van der Waals surface area (Å²) in [5.74, 6) is 2.45. The predicted octanol–water partition coefficient (Wildman–Crippen LogP) is 5.19. The molecule has 5 rings (SSSR count). The Bertz CT molecular complexity index is 1430. The summed E-state index contributed by atoms with van der Waals surface area (Å²) in [6.07, 6.45) is 5.37. The van der Waals surface area contributed by atoms with E-state index in [9.17, 15) is 4.79 Å². The van der Waals surface area contributed by atoms with Crippen LogP contribution in [0.15, 0.2) is 53.3 Å². The minimum absolute atomic E-state index is 0.0830. The Morgan fingerprint density at radius 2 is 1.87 bits per heavy atom. The standard InChI is InChI=1S/C29H36N6O3/c1-4-26(28-31-32-33-35(28)23-11-7-8-12-23)34(18-20-10-6-9-13-27(20)37-3)19-22-16-21-17-24(38-5-2)14-15-25(21)30-29(22)36/h6,9-10,13-17,23,26H,4-5,7-8,11-12,18-19H2,1-3H3,(H,30,36). The number of fused-ring (bicyclic) bond motifs is 1. The minimum atomic E-state index is -0.100. The van der Waals surface area contributed by atoms with Crippen molar-refractivity contribution in [3.8, 4) is 11.5 Å². The molecule has 0 radical (unpaired) electrons. The fraction of sp³-hybridized carbons (Fsp3) is 0.448. The summed E-state index contributed by atoms with van der Waals surface area (Å²) >= 11 is 0. The van der Waals surface area contributed by atoms with E-state index in [1.165, 1.54) is 12.8 Å². The summed E-state index contributed by atoms with van der Waals surface area (Å²) in [5.41, 5.74) is 2.41. The summed E-state index contributed by atoms with van der Waals surface area (Å²) in [5, 5.41) is 13.9. The van der Waals surface area contributed by atoms with E-state index in [0.29, 0.717) is 31.3 Å². The van der Waals surface area contributed by atoms with Crippen molar-refractivity contribution >= 4 is 10.9 Å². The van der Waals surface area contributed by atoms with Gasteiger partial charge in [0.25, 0.3) is 5.56 Å². The van der Waals surface area contributed by atoms with Gasteiger partial charge >= 0.3 is 0 Å². The predicted molar refractivity (Wildman–Crippen MR) is 146 cm³/mol. The van der Waals surface area contributed by atoms with Gasteiger partial charge in [-0.25, -0.2) is 4.68 Å². The van der Waals surface area contributed by atoms with Crippen LogP contribution >= 0.6 is 0 Å². The number of benzene rings is 2.